The Morgan fingerprint density at radius 3 is 2.90 bits per heavy atom. The molecule has 4 N–H and O–H groups in total. The lowest BCUT2D eigenvalue weighted by molar-refractivity contribution is 0.408. The van der Waals surface area contributed by atoms with E-state index in [4.69, 9.17) is 15.3 Å². The quantitative estimate of drug-likeness (QED) is 0.486. The van der Waals surface area contributed by atoms with Gasteiger partial charge >= 0.3 is 0 Å². The first-order chi connectivity index (χ1) is 9.80. The fraction of sp³-hybridized carbons (Fsp3) is 0.0833. The number of benzene rings is 1. The van der Waals surface area contributed by atoms with E-state index < -0.39 is 0 Å². The van der Waals surface area contributed by atoms with E-state index in [0.717, 1.165) is 0 Å². The van der Waals surface area contributed by atoms with Crippen molar-refractivity contribution < 1.29 is 9.47 Å². The number of rotatable bonds is 4. The number of methoxy groups -OCH3 is 1. The second kappa shape index (κ2) is 5.02. The molecule has 0 saturated heterocycles. The van der Waals surface area contributed by atoms with Crippen molar-refractivity contribution in [3.63, 3.8) is 0 Å². The molecule has 0 atom stereocenters. The third-order valence-electron chi connectivity index (χ3n) is 2.66. The van der Waals surface area contributed by atoms with Gasteiger partial charge in [-0.2, -0.15) is 15.1 Å². The van der Waals surface area contributed by atoms with Gasteiger partial charge in [0.25, 0.3) is 0 Å². The van der Waals surface area contributed by atoms with Gasteiger partial charge in [0.1, 0.15) is 16.9 Å². The van der Waals surface area contributed by atoms with Crippen LogP contribution in [0.25, 0.3) is 11.0 Å². The lowest BCUT2D eigenvalue weighted by atomic mass is 10.3. The Balaban J connectivity index is 2.02. The fourth-order valence-corrected chi connectivity index (χ4v) is 1.73. The number of hydrogen-bond donors (Lipinski definition) is 3. The van der Waals surface area contributed by atoms with E-state index in [2.05, 4.69) is 25.6 Å². The van der Waals surface area contributed by atoms with Crippen molar-refractivity contribution in [3.05, 3.63) is 30.5 Å². The van der Waals surface area contributed by atoms with Crippen molar-refractivity contribution in [1.29, 1.82) is 0 Å². The lowest BCUT2D eigenvalue weighted by Gasteiger charge is -2.08. The minimum Gasteiger partial charge on any atom is -0.497 e. The van der Waals surface area contributed by atoms with Crippen LogP contribution < -0.4 is 20.7 Å². The molecule has 8 heteroatoms. The van der Waals surface area contributed by atoms with Crippen LogP contribution in [0, 0.1) is 0 Å². The molecule has 2 aromatic heterocycles. The summed E-state index contributed by atoms with van der Waals surface area (Å²) in [6.07, 6.45) is 1.59. The molecule has 0 saturated carbocycles. The third kappa shape index (κ3) is 2.19. The van der Waals surface area contributed by atoms with Crippen molar-refractivity contribution in [1.82, 2.24) is 20.2 Å². The van der Waals surface area contributed by atoms with Gasteiger partial charge in [-0.1, -0.05) is 6.07 Å². The van der Waals surface area contributed by atoms with Gasteiger partial charge in [-0.05, 0) is 12.1 Å². The maximum Gasteiger partial charge on any atom is 0.242 e. The molecule has 0 spiro atoms. The summed E-state index contributed by atoms with van der Waals surface area (Å²) in [6.45, 7) is 0. The maximum atomic E-state index is 5.75. The molecule has 2 heterocycles. The molecule has 8 nitrogen and oxygen atoms in total. The van der Waals surface area contributed by atoms with Gasteiger partial charge in [0.15, 0.2) is 5.65 Å². The summed E-state index contributed by atoms with van der Waals surface area (Å²) in [7, 11) is 1.59. The number of fused-ring (bicyclic) bond motifs is 1. The molecule has 0 fully saturated rings. The normalized spacial score (nSPS) is 10.5. The molecule has 0 bridgehead atoms. The number of nitrogens with one attached hydrogen (secondary N) is 2. The van der Waals surface area contributed by atoms with Crippen LogP contribution in [0.5, 0.6) is 17.4 Å². The summed E-state index contributed by atoms with van der Waals surface area (Å²) in [5.74, 6) is 7.20. The van der Waals surface area contributed by atoms with E-state index in [9.17, 15) is 0 Å². The Morgan fingerprint density at radius 2 is 2.10 bits per heavy atom. The first kappa shape index (κ1) is 12.2. The number of anilines is 1. The van der Waals surface area contributed by atoms with E-state index in [0.29, 0.717) is 28.4 Å². The number of hydrazine groups is 1. The fourth-order valence-electron chi connectivity index (χ4n) is 1.73. The molecule has 3 rings (SSSR count). The Kier molecular flexibility index (Phi) is 3.05. The van der Waals surface area contributed by atoms with Gasteiger partial charge in [-0.25, -0.2) is 5.84 Å². The van der Waals surface area contributed by atoms with Crippen molar-refractivity contribution in [3.8, 4) is 17.4 Å². The summed E-state index contributed by atoms with van der Waals surface area (Å²) in [6, 6.07) is 7.20. The molecule has 20 heavy (non-hydrogen) atoms. The highest BCUT2D eigenvalue weighted by atomic mass is 16.5. The van der Waals surface area contributed by atoms with Crippen LogP contribution in [0.15, 0.2) is 30.5 Å². The van der Waals surface area contributed by atoms with E-state index in [1.807, 2.05) is 12.1 Å². The van der Waals surface area contributed by atoms with Crippen LogP contribution >= 0.6 is 0 Å². The van der Waals surface area contributed by atoms with Crippen molar-refractivity contribution in [2.24, 2.45) is 5.84 Å². The first-order valence-electron chi connectivity index (χ1n) is 5.80. The van der Waals surface area contributed by atoms with Gasteiger partial charge in [0, 0.05) is 6.07 Å². The largest absolute Gasteiger partial charge is 0.497 e. The van der Waals surface area contributed by atoms with Crippen LogP contribution in [-0.2, 0) is 0 Å². The molecule has 0 unspecified atom stereocenters. The number of nitrogens with zero attached hydrogens (tertiary/aromatic N) is 3. The average Bonchev–Trinajstić information content (AvgIpc) is 2.96. The second-order valence-electron chi connectivity index (χ2n) is 3.91. The van der Waals surface area contributed by atoms with E-state index in [1.54, 1.807) is 25.4 Å². The smallest absolute Gasteiger partial charge is 0.242 e. The zero-order valence-electron chi connectivity index (χ0n) is 10.6. The molecule has 3 aromatic rings. The number of aromatic nitrogens is 4. The molecule has 102 valence electrons. The monoisotopic (exact) mass is 272 g/mol. The summed E-state index contributed by atoms with van der Waals surface area (Å²) in [5.41, 5.74) is 2.92. The second-order valence-corrected chi connectivity index (χ2v) is 3.91. The zero-order valence-corrected chi connectivity index (χ0v) is 10.6. The van der Waals surface area contributed by atoms with Crippen LogP contribution in [-0.4, -0.2) is 27.3 Å². The highest BCUT2D eigenvalue weighted by Crippen LogP contribution is 2.29. The summed E-state index contributed by atoms with van der Waals surface area (Å²) < 4.78 is 10.9. The highest BCUT2D eigenvalue weighted by Gasteiger charge is 2.11. The molecule has 1 aromatic carbocycles. The van der Waals surface area contributed by atoms with Crippen LogP contribution in [0.2, 0.25) is 0 Å². The van der Waals surface area contributed by atoms with Crippen molar-refractivity contribution >= 4 is 17.0 Å². The van der Waals surface area contributed by atoms with E-state index in [1.165, 1.54) is 0 Å². The Hall–Kier alpha value is -2.87. The Bertz CT molecular complexity index is 742. The van der Waals surface area contributed by atoms with Crippen molar-refractivity contribution in [2.75, 3.05) is 12.5 Å². The number of nitrogens with two attached hydrogens (primary N) is 1. The molecule has 0 aliphatic carbocycles. The highest BCUT2D eigenvalue weighted by molar-refractivity contribution is 5.80. The average molecular weight is 272 g/mol. The van der Waals surface area contributed by atoms with Crippen LogP contribution in [0.4, 0.5) is 5.95 Å². The number of aromatic amines is 1. The molecule has 0 aliphatic rings. The summed E-state index contributed by atoms with van der Waals surface area (Å²) in [5, 5.41) is 7.31. The van der Waals surface area contributed by atoms with E-state index in [-0.39, 0.29) is 5.95 Å². The topological polar surface area (TPSA) is 111 Å². The van der Waals surface area contributed by atoms with Crippen LogP contribution in [0.1, 0.15) is 0 Å². The minimum atomic E-state index is 0.236. The lowest BCUT2D eigenvalue weighted by Crippen LogP contribution is -2.10. The van der Waals surface area contributed by atoms with Gasteiger partial charge in [0.2, 0.25) is 11.8 Å². The van der Waals surface area contributed by atoms with Crippen molar-refractivity contribution in [2.45, 2.75) is 0 Å². The minimum absolute atomic E-state index is 0.236. The van der Waals surface area contributed by atoms with Gasteiger partial charge < -0.3 is 9.47 Å². The predicted molar refractivity (Wildman–Crippen MR) is 72.6 cm³/mol. The summed E-state index contributed by atoms with van der Waals surface area (Å²) >= 11 is 0. The van der Waals surface area contributed by atoms with Gasteiger partial charge in [-0.15, -0.1) is 0 Å². The number of nitrogen functional groups attached to an aromatic ring is 1. The zero-order chi connectivity index (χ0) is 13.9. The molecular weight excluding hydrogens is 260 g/mol. The number of H-pyrrole nitrogens is 1. The Labute approximate surface area is 113 Å². The maximum absolute atomic E-state index is 5.75. The number of ether oxygens (including phenoxy) is 2. The Morgan fingerprint density at radius 1 is 1.25 bits per heavy atom. The molecular formula is C12H12N6O2. The summed E-state index contributed by atoms with van der Waals surface area (Å²) in [4.78, 5) is 8.29. The molecule has 0 amide bonds. The number of hydrogen-bond acceptors (Lipinski definition) is 7. The van der Waals surface area contributed by atoms with Gasteiger partial charge in [-0.3, -0.25) is 10.5 Å². The SMILES string of the molecule is COc1cccc(Oc2nc(NN)nc3[nH]ncc23)c1. The molecule has 0 radical (unpaired) electrons. The third-order valence-corrected chi connectivity index (χ3v) is 2.66. The van der Waals surface area contributed by atoms with Crippen LogP contribution in [0.3, 0.4) is 0 Å². The first-order valence-corrected chi connectivity index (χ1v) is 5.80. The standard InChI is InChI=1S/C12H12N6O2/c1-19-7-3-2-4-8(5-7)20-11-9-6-14-18-10(9)15-12(16-11)17-13/h2-6H,13H2,1H3,(H2,14,15,16,17,18). The predicted octanol–water partition coefficient (Wildman–Crippen LogP) is 1.44. The van der Waals surface area contributed by atoms with E-state index >= 15 is 0 Å². The molecule has 0 aliphatic heterocycles. The van der Waals surface area contributed by atoms with Gasteiger partial charge in [0.05, 0.1) is 13.3 Å².